The fourth-order valence-electron chi connectivity index (χ4n) is 3.98. The molecule has 4 atom stereocenters. The Morgan fingerprint density at radius 3 is 2.03 bits per heavy atom. The number of benzene rings is 1. The van der Waals surface area contributed by atoms with Gasteiger partial charge in [-0.1, -0.05) is 51.0 Å². The summed E-state index contributed by atoms with van der Waals surface area (Å²) in [6, 6.07) is 4.02. The third kappa shape index (κ3) is 9.14. The van der Waals surface area contributed by atoms with Gasteiger partial charge in [0.1, 0.15) is 17.7 Å². The summed E-state index contributed by atoms with van der Waals surface area (Å²) in [6.07, 6.45) is 0.672. The van der Waals surface area contributed by atoms with Crippen molar-refractivity contribution in [2.75, 3.05) is 0 Å². The molecular weight excluding hydrogens is 454 g/mol. The first-order chi connectivity index (χ1) is 16.4. The summed E-state index contributed by atoms with van der Waals surface area (Å²) < 4.78 is 5.47. The number of rotatable bonds is 9. The molecule has 204 valence electrons. The molecule has 0 fully saturated rings. The molecule has 2 N–H and O–H groups in total. The molecule has 1 aromatic rings. The second-order valence-corrected chi connectivity index (χ2v) is 12.0. The van der Waals surface area contributed by atoms with E-state index in [4.69, 9.17) is 4.74 Å². The molecule has 36 heavy (non-hydrogen) atoms. The van der Waals surface area contributed by atoms with E-state index >= 15 is 0 Å². The summed E-state index contributed by atoms with van der Waals surface area (Å²) in [4.78, 5) is 42.5. The van der Waals surface area contributed by atoms with Crippen molar-refractivity contribution in [1.82, 2.24) is 15.5 Å². The van der Waals surface area contributed by atoms with Crippen molar-refractivity contribution >= 4 is 17.9 Å². The highest BCUT2D eigenvalue weighted by Crippen LogP contribution is 2.31. The second-order valence-electron chi connectivity index (χ2n) is 12.0. The van der Waals surface area contributed by atoms with Crippen LogP contribution in [0.25, 0.3) is 0 Å². The Morgan fingerprint density at radius 2 is 1.56 bits per heavy atom. The molecule has 0 aliphatic heterocycles. The van der Waals surface area contributed by atoms with Crippen LogP contribution in [0.4, 0.5) is 4.79 Å². The molecule has 3 amide bonds. The van der Waals surface area contributed by atoms with E-state index in [9.17, 15) is 14.4 Å². The molecule has 0 radical (unpaired) electrons. The number of nitrogens with one attached hydrogen (secondary N) is 2. The van der Waals surface area contributed by atoms with Crippen molar-refractivity contribution in [3.05, 3.63) is 34.9 Å². The predicted octanol–water partition coefficient (Wildman–Crippen LogP) is 5.83. The number of hydrogen-bond donors (Lipinski definition) is 2. The molecule has 0 saturated carbocycles. The Morgan fingerprint density at radius 1 is 0.972 bits per heavy atom. The quantitative estimate of drug-likeness (QED) is 0.444. The Kier molecular flexibility index (Phi) is 11.0. The van der Waals surface area contributed by atoms with Crippen molar-refractivity contribution in [2.24, 2.45) is 5.92 Å². The Hall–Kier alpha value is -2.57. The molecule has 0 spiro atoms. The van der Waals surface area contributed by atoms with Crippen LogP contribution < -0.4 is 10.6 Å². The van der Waals surface area contributed by atoms with Gasteiger partial charge >= 0.3 is 6.09 Å². The van der Waals surface area contributed by atoms with E-state index in [0.29, 0.717) is 12.8 Å². The van der Waals surface area contributed by atoms with Gasteiger partial charge in [0.25, 0.3) is 0 Å². The van der Waals surface area contributed by atoms with Crippen molar-refractivity contribution in [3.63, 3.8) is 0 Å². The molecule has 1 aromatic carbocycles. The van der Waals surface area contributed by atoms with Gasteiger partial charge in [-0.3, -0.25) is 9.59 Å². The highest BCUT2D eigenvalue weighted by Gasteiger charge is 2.41. The van der Waals surface area contributed by atoms with Gasteiger partial charge in [-0.05, 0) is 85.8 Å². The standard InChI is InChI=1S/C29H49N3O4/c1-13-19(4)23(30-27(35)36-29(10,11)12)26(34)32(21(6)14-2)24(25(33)31-28(7,8)9)22-17-18(3)15-16-20(22)5/h15-17,19,21,23-24H,13-14H2,1-12H3,(H,30,35)(H,31,33). The highest BCUT2D eigenvalue weighted by molar-refractivity contribution is 5.93. The van der Waals surface area contributed by atoms with Gasteiger partial charge in [0, 0.05) is 11.6 Å². The molecule has 7 heteroatoms. The molecule has 1 rings (SSSR count). The summed E-state index contributed by atoms with van der Waals surface area (Å²) in [5.74, 6) is -0.703. The summed E-state index contributed by atoms with van der Waals surface area (Å²) in [5, 5.41) is 5.91. The van der Waals surface area contributed by atoms with E-state index in [0.717, 1.165) is 16.7 Å². The molecule has 7 nitrogen and oxygen atoms in total. The zero-order valence-electron chi connectivity index (χ0n) is 24.5. The zero-order chi connectivity index (χ0) is 28.0. The number of nitrogens with zero attached hydrogens (tertiary/aromatic N) is 1. The topological polar surface area (TPSA) is 87.7 Å². The maximum atomic E-state index is 14.3. The summed E-state index contributed by atoms with van der Waals surface area (Å²) in [6.45, 7) is 22.9. The number of alkyl carbamates (subject to hydrolysis) is 1. The zero-order valence-corrected chi connectivity index (χ0v) is 24.5. The molecule has 4 unspecified atom stereocenters. The van der Waals surface area contributed by atoms with Crippen LogP contribution in [0.2, 0.25) is 0 Å². The van der Waals surface area contributed by atoms with Gasteiger partial charge in [0.15, 0.2) is 0 Å². The first-order valence-corrected chi connectivity index (χ1v) is 13.1. The lowest BCUT2D eigenvalue weighted by Gasteiger charge is -2.40. The maximum Gasteiger partial charge on any atom is 0.408 e. The second kappa shape index (κ2) is 12.6. The van der Waals surface area contributed by atoms with Gasteiger partial charge in [0.2, 0.25) is 11.8 Å². The lowest BCUT2D eigenvalue weighted by molar-refractivity contribution is -0.146. The van der Waals surface area contributed by atoms with Crippen LogP contribution in [-0.4, -0.2) is 46.0 Å². The van der Waals surface area contributed by atoms with Crippen molar-refractivity contribution in [1.29, 1.82) is 0 Å². The van der Waals surface area contributed by atoms with Crippen LogP contribution in [0.3, 0.4) is 0 Å². The minimum atomic E-state index is -0.849. The lowest BCUT2D eigenvalue weighted by Crippen LogP contribution is -2.58. The number of hydrogen-bond acceptors (Lipinski definition) is 4. The SMILES string of the molecule is CCC(C)C(NC(=O)OC(C)(C)C)C(=O)N(C(C)CC)C(C(=O)NC(C)(C)C)c1cc(C)ccc1C. The minimum absolute atomic E-state index is 0.165. The highest BCUT2D eigenvalue weighted by atomic mass is 16.6. The Balaban J connectivity index is 3.69. The third-order valence-corrected chi connectivity index (χ3v) is 6.23. The monoisotopic (exact) mass is 503 g/mol. The molecule has 0 aromatic heterocycles. The normalized spacial score (nSPS) is 15.3. The third-order valence-electron chi connectivity index (χ3n) is 6.23. The van der Waals surface area contributed by atoms with Crippen molar-refractivity contribution in [2.45, 2.75) is 125 Å². The van der Waals surface area contributed by atoms with Gasteiger partial charge in [0.05, 0.1) is 0 Å². The Bertz CT molecular complexity index is 914. The minimum Gasteiger partial charge on any atom is -0.444 e. The average molecular weight is 504 g/mol. The number of carbonyl (C=O) groups excluding carboxylic acids is 3. The van der Waals surface area contributed by atoms with Gasteiger partial charge in [-0.2, -0.15) is 0 Å². The molecule has 0 bridgehead atoms. The summed E-state index contributed by atoms with van der Waals surface area (Å²) in [7, 11) is 0. The van der Waals surface area contributed by atoms with Crippen LogP contribution in [0.15, 0.2) is 18.2 Å². The summed E-state index contributed by atoms with van der Waals surface area (Å²) >= 11 is 0. The molecule has 0 aliphatic carbocycles. The summed E-state index contributed by atoms with van der Waals surface area (Å²) in [5.41, 5.74) is 1.53. The lowest BCUT2D eigenvalue weighted by atomic mass is 9.91. The van der Waals surface area contributed by atoms with E-state index in [2.05, 4.69) is 10.6 Å². The Labute approximate surface area is 218 Å². The van der Waals surface area contributed by atoms with Crippen LogP contribution in [-0.2, 0) is 14.3 Å². The first kappa shape index (κ1) is 31.5. The predicted molar refractivity (Wildman–Crippen MR) is 146 cm³/mol. The smallest absolute Gasteiger partial charge is 0.408 e. The largest absolute Gasteiger partial charge is 0.444 e. The molecular formula is C29H49N3O4. The molecule has 0 heterocycles. The van der Waals surface area contributed by atoms with E-state index in [1.807, 2.05) is 80.5 Å². The first-order valence-electron chi connectivity index (χ1n) is 13.1. The van der Waals surface area contributed by atoms with Gasteiger partial charge in [-0.15, -0.1) is 0 Å². The van der Waals surface area contributed by atoms with Crippen molar-refractivity contribution in [3.8, 4) is 0 Å². The van der Waals surface area contributed by atoms with E-state index in [-0.39, 0.29) is 23.8 Å². The fraction of sp³-hybridized carbons (Fsp3) is 0.690. The maximum absolute atomic E-state index is 14.3. The molecule has 0 aliphatic rings. The average Bonchev–Trinajstić information content (AvgIpc) is 2.73. The number of aryl methyl sites for hydroxylation is 2. The van der Waals surface area contributed by atoms with E-state index in [1.54, 1.807) is 25.7 Å². The van der Waals surface area contributed by atoms with Crippen LogP contribution in [0.1, 0.15) is 105 Å². The number of amides is 3. The van der Waals surface area contributed by atoms with E-state index < -0.39 is 29.3 Å². The van der Waals surface area contributed by atoms with Gasteiger partial charge < -0.3 is 20.3 Å². The van der Waals surface area contributed by atoms with E-state index in [1.165, 1.54) is 0 Å². The van der Waals surface area contributed by atoms with Crippen LogP contribution in [0, 0.1) is 19.8 Å². The fourth-order valence-corrected chi connectivity index (χ4v) is 3.98. The van der Waals surface area contributed by atoms with Crippen LogP contribution >= 0.6 is 0 Å². The number of ether oxygens (including phenoxy) is 1. The van der Waals surface area contributed by atoms with Gasteiger partial charge in [-0.25, -0.2) is 4.79 Å². The van der Waals surface area contributed by atoms with Crippen LogP contribution in [0.5, 0.6) is 0 Å². The number of carbonyl (C=O) groups is 3. The molecule has 0 saturated heterocycles. The van der Waals surface area contributed by atoms with Crippen molar-refractivity contribution < 1.29 is 19.1 Å².